The lowest BCUT2D eigenvalue weighted by molar-refractivity contribution is -0.0523. The first-order chi connectivity index (χ1) is 6.31. The summed E-state index contributed by atoms with van der Waals surface area (Å²) in [5, 5.41) is 9.66. The highest BCUT2D eigenvalue weighted by Crippen LogP contribution is 2.32. The van der Waals surface area contributed by atoms with E-state index >= 15 is 0 Å². The maximum absolute atomic E-state index is 9.66. The van der Waals surface area contributed by atoms with Crippen LogP contribution in [0, 0.1) is 0 Å². The fraction of sp³-hybridized carbons (Fsp3) is 0.800. The maximum atomic E-state index is 9.66. The number of aliphatic hydroxyl groups is 1. The van der Waals surface area contributed by atoms with Crippen LogP contribution in [0.15, 0.2) is 12.8 Å². The fourth-order valence-corrected chi connectivity index (χ4v) is 2.23. The van der Waals surface area contributed by atoms with Gasteiger partial charge in [-0.2, -0.15) is 0 Å². The summed E-state index contributed by atoms with van der Waals surface area (Å²) in [6, 6.07) is 0. The molecule has 0 radical (unpaired) electrons. The molecule has 0 spiro atoms. The molecule has 0 aromatic heterocycles. The summed E-state index contributed by atoms with van der Waals surface area (Å²) in [4.78, 5) is 0. The Kier molecular flexibility index (Phi) is 2.56. The molecule has 2 rings (SSSR count). The van der Waals surface area contributed by atoms with Crippen LogP contribution in [-0.2, 0) is 9.47 Å². The van der Waals surface area contributed by atoms with E-state index in [2.05, 4.69) is 6.58 Å². The van der Waals surface area contributed by atoms with Crippen molar-refractivity contribution >= 4 is 0 Å². The summed E-state index contributed by atoms with van der Waals surface area (Å²) < 4.78 is 11.0. The quantitative estimate of drug-likeness (QED) is 0.656. The number of ether oxygens (including phenoxy) is 2. The topological polar surface area (TPSA) is 38.7 Å². The molecule has 2 aliphatic heterocycles. The first-order valence-electron chi connectivity index (χ1n) is 4.91. The molecule has 13 heavy (non-hydrogen) atoms. The standard InChI is InChI=1S/C10H16O3/c1-2-12-9-4-3-7(11)8-5-6-10(9)13-8/h2,7-11H,1,3-6H2. The molecule has 0 amide bonds. The highest BCUT2D eigenvalue weighted by Gasteiger charge is 2.39. The summed E-state index contributed by atoms with van der Waals surface area (Å²) in [5.74, 6) is 0. The van der Waals surface area contributed by atoms with Gasteiger partial charge >= 0.3 is 0 Å². The third-order valence-corrected chi connectivity index (χ3v) is 2.95. The summed E-state index contributed by atoms with van der Waals surface area (Å²) in [7, 11) is 0. The molecule has 4 atom stereocenters. The van der Waals surface area contributed by atoms with Gasteiger partial charge in [-0.15, -0.1) is 0 Å². The van der Waals surface area contributed by atoms with Gasteiger partial charge in [-0.05, 0) is 25.7 Å². The third kappa shape index (κ3) is 1.71. The normalized spacial score (nSPS) is 44.1. The van der Waals surface area contributed by atoms with Gasteiger partial charge in [0.25, 0.3) is 0 Å². The SMILES string of the molecule is C=COC1CCC(O)C2CCC1O2. The molecule has 2 bridgehead atoms. The van der Waals surface area contributed by atoms with Crippen LogP contribution in [0.2, 0.25) is 0 Å². The second kappa shape index (κ2) is 3.68. The van der Waals surface area contributed by atoms with E-state index in [1.807, 2.05) is 0 Å². The molecule has 2 heterocycles. The van der Waals surface area contributed by atoms with E-state index in [0.29, 0.717) is 0 Å². The van der Waals surface area contributed by atoms with Crippen molar-refractivity contribution in [1.29, 1.82) is 0 Å². The fourth-order valence-electron chi connectivity index (χ4n) is 2.23. The average molecular weight is 184 g/mol. The highest BCUT2D eigenvalue weighted by molar-refractivity contribution is 4.89. The molecule has 3 nitrogen and oxygen atoms in total. The van der Waals surface area contributed by atoms with Crippen molar-refractivity contribution in [3.8, 4) is 0 Å². The average Bonchev–Trinajstić information content (AvgIpc) is 2.54. The Bertz CT molecular complexity index is 193. The Morgan fingerprint density at radius 1 is 1.23 bits per heavy atom. The highest BCUT2D eigenvalue weighted by atomic mass is 16.6. The zero-order valence-corrected chi connectivity index (χ0v) is 7.69. The Balaban J connectivity index is 2.02. The van der Waals surface area contributed by atoms with Crippen LogP contribution in [0.25, 0.3) is 0 Å². The second-order valence-electron chi connectivity index (χ2n) is 3.78. The van der Waals surface area contributed by atoms with Crippen LogP contribution in [0.5, 0.6) is 0 Å². The van der Waals surface area contributed by atoms with E-state index in [1.54, 1.807) is 0 Å². The van der Waals surface area contributed by atoms with Crippen molar-refractivity contribution in [2.75, 3.05) is 0 Å². The summed E-state index contributed by atoms with van der Waals surface area (Å²) >= 11 is 0. The molecule has 0 aromatic carbocycles. The summed E-state index contributed by atoms with van der Waals surface area (Å²) in [6.07, 6.45) is 5.09. The van der Waals surface area contributed by atoms with Crippen molar-refractivity contribution in [3.63, 3.8) is 0 Å². The number of aliphatic hydroxyl groups excluding tert-OH is 1. The minimum atomic E-state index is -0.302. The van der Waals surface area contributed by atoms with Gasteiger partial charge in [-0.1, -0.05) is 6.58 Å². The lowest BCUT2D eigenvalue weighted by atomic mass is 9.97. The zero-order valence-electron chi connectivity index (χ0n) is 7.69. The largest absolute Gasteiger partial charge is 0.496 e. The number of hydrogen-bond donors (Lipinski definition) is 1. The molecule has 4 unspecified atom stereocenters. The van der Waals surface area contributed by atoms with Crippen LogP contribution in [0.1, 0.15) is 25.7 Å². The Morgan fingerprint density at radius 2 is 2.00 bits per heavy atom. The molecule has 1 N–H and O–H groups in total. The molecular formula is C10H16O3. The molecule has 0 saturated carbocycles. The van der Waals surface area contributed by atoms with E-state index < -0.39 is 0 Å². The van der Waals surface area contributed by atoms with Crippen molar-refractivity contribution in [3.05, 3.63) is 12.8 Å². The lowest BCUT2D eigenvalue weighted by Gasteiger charge is -2.20. The van der Waals surface area contributed by atoms with Crippen LogP contribution in [-0.4, -0.2) is 29.5 Å². The van der Waals surface area contributed by atoms with E-state index in [9.17, 15) is 5.11 Å². The minimum absolute atomic E-state index is 0.0448. The molecule has 2 fully saturated rings. The molecular weight excluding hydrogens is 168 g/mol. The van der Waals surface area contributed by atoms with Crippen LogP contribution >= 0.6 is 0 Å². The van der Waals surface area contributed by atoms with Crippen LogP contribution in [0.4, 0.5) is 0 Å². The van der Waals surface area contributed by atoms with Crippen LogP contribution in [0.3, 0.4) is 0 Å². The molecule has 0 aromatic rings. The van der Waals surface area contributed by atoms with Gasteiger partial charge in [0.1, 0.15) is 6.10 Å². The number of fused-ring (bicyclic) bond motifs is 2. The zero-order chi connectivity index (χ0) is 9.26. The minimum Gasteiger partial charge on any atom is -0.496 e. The third-order valence-electron chi connectivity index (χ3n) is 2.95. The van der Waals surface area contributed by atoms with E-state index in [1.165, 1.54) is 6.26 Å². The number of rotatable bonds is 2. The van der Waals surface area contributed by atoms with Crippen molar-refractivity contribution in [2.45, 2.75) is 50.1 Å². The lowest BCUT2D eigenvalue weighted by Crippen LogP contribution is -2.25. The van der Waals surface area contributed by atoms with Gasteiger partial charge in [-0.25, -0.2) is 0 Å². The van der Waals surface area contributed by atoms with Gasteiger partial charge < -0.3 is 14.6 Å². The Hall–Kier alpha value is -0.540. The van der Waals surface area contributed by atoms with Crippen molar-refractivity contribution in [1.82, 2.24) is 0 Å². The molecule has 2 saturated heterocycles. The van der Waals surface area contributed by atoms with Gasteiger partial charge in [0, 0.05) is 0 Å². The van der Waals surface area contributed by atoms with Gasteiger partial charge in [0.05, 0.1) is 24.6 Å². The van der Waals surface area contributed by atoms with Crippen molar-refractivity contribution < 1.29 is 14.6 Å². The molecule has 0 aliphatic carbocycles. The van der Waals surface area contributed by atoms with Crippen molar-refractivity contribution in [2.24, 2.45) is 0 Å². The summed E-state index contributed by atoms with van der Waals surface area (Å²) in [5.41, 5.74) is 0. The predicted molar refractivity (Wildman–Crippen MR) is 48.2 cm³/mol. The first-order valence-corrected chi connectivity index (χ1v) is 4.91. The van der Waals surface area contributed by atoms with Gasteiger partial charge in [0.15, 0.2) is 0 Å². The molecule has 2 aliphatic rings. The van der Waals surface area contributed by atoms with E-state index in [-0.39, 0.29) is 24.4 Å². The molecule has 3 heteroatoms. The predicted octanol–water partition coefficient (Wildman–Crippen LogP) is 1.22. The molecule has 74 valence electrons. The van der Waals surface area contributed by atoms with Gasteiger partial charge in [-0.3, -0.25) is 0 Å². The van der Waals surface area contributed by atoms with Gasteiger partial charge in [0.2, 0.25) is 0 Å². The number of hydrogen-bond acceptors (Lipinski definition) is 3. The smallest absolute Gasteiger partial charge is 0.124 e. The van der Waals surface area contributed by atoms with Crippen LogP contribution < -0.4 is 0 Å². The maximum Gasteiger partial charge on any atom is 0.124 e. The Morgan fingerprint density at radius 3 is 2.77 bits per heavy atom. The van der Waals surface area contributed by atoms with E-state index in [4.69, 9.17) is 9.47 Å². The Labute approximate surface area is 78.3 Å². The van der Waals surface area contributed by atoms with E-state index in [0.717, 1.165) is 25.7 Å². The monoisotopic (exact) mass is 184 g/mol. The first kappa shape index (κ1) is 9.03. The summed E-state index contributed by atoms with van der Waals surface area (Å²) in [6.45, 7) is 3.55. The second-order valence-corrected chi connectivity index (χ2v) is 3.78.